The molecule has 7 heteroatoms. The fourth-order valence-corrected chi connectivity index (χ4v) is 10.1. The van der Waals surface area contributed by atoms with Crippen LogP contribution in [0.2, 0.25) is 0 Å². The summed E-state index contributed by atoms with van der Waals surface area (Å²) >= 11 is 1.50. The SMILES string of the molecule is C=C[C@]1(C)C[C@@H](OC(=O)CS[C@@H]2C[C@@H](CNCC(C)(C)C)C[C@H]2O)[C@]2(C)C(C)CCC3(CCC(=O)[C@H]32)[C@@H](C)C1O. The summed E-state index contributed by atoms with van der Waals surface area (Å²) in [6.07, 6.45) is 5.57. The van der Waals surface area contributed by atoms with E-state index in [0.29, 0.717) is 18.8 Å². The number of aliphatic hydroxyl groups is 2. The number of esters is 1. The van der Waals surface area contributed by atoms with Crippen LogP contribution >= 0.6 is 11.8 Å². The lowest BCUT2D eigenvalue weighted by Crippen LogP contribution is -2.63. The van der Waals surface area contributed by atoms with Gasteiger partial charge in [-0.15, -0.1) is 18.3 Å². The van der Waals surface area contributed by atoms with Crippen molar-refractivity contribution >= 4 is 23.5 Å². The smallest absolute Gasteiger partial charge is 0.316 e. The van der Waals surface area contributed by atoms with E-state index in [-0.39, 0.29) is 51.3 Å². The van der Waals surface area contributed by atoms with Crippen LogP contribution in [-0.4, -0.2) is 64.4 Å². The lowest BCUT2D eigenvalue weighted by molar-refractivity contribution is -0.205. The van der Waals surface area contributed by atoms with Gasteiger partial charge in [0.1, 0.15) is 11.9 Å². The first-order chi connectivity index (χ1) is 18.6. The molecular weight excluding hydrogens is 522 g/mol. The summed E-state index contributed by atoms with van der Waals surface area (Å²) in [5, 5.41) is 26.0. The van der Waals surface area contributed by atoms with Gasteiger partial charge in [-0.05, 0) is 80.2 Å². The molecule has 0 aliphatic heterocycles. The summed E-state index contributed by atoms with van der Waals surface area (Å²) in [4.78, 5) is 27.0. The Balaban J connectivity index is 1.48. The highest BCUT2D eigenvalue weighted by atomic mass is 32.2. The normalized spacial score (nSPS) is 45.5. The van der Waals surface area contributed by atoms with Crippen molar-refractivity contribution in [3.05, 3.63) is 12.7 Å². The lowest BCUT2D eigenvalue weighted by Gasteiger charge is -2.61. The van der Waals surface area contributed by atoms with E-state index in [1.54, 1.807) is 0 Å². The average Bonchev–Trinajstić information content (AvgIpc) is 3.42. The standard InChI is InChI=1S/C33H55NO5S/c1-9-31(7)16-26(32(8)20(2)10-12-33(21(3)29(31)38)13-11-23(35)28(32)33)39-27(37)18-40-25-15-22(14-24(25)36)17-34-19-30(4,5)6/h9,20-22,24-26,28-29,34,36,38H,1,10-19H2,2-8H3/t20?,21-,22-,24+,25+,26+,28-,29?,31+,32-,33?/m0/s1. The maximum Gasteiger partial charge on any atom is 0.316 e. The highest BCUT2D eigenvalue weighted by Crippen LogP contribution is 2.68. The molecule has 6 nitrogen and oxygen atoms in total. The molecular formula is C33H55NO5S. The number of thioether (sulfide) groups is 1. The minimum absolute atomic E-state index is 0.0145. The molecule has 3 N–H and O–H groups in total. The maximum absolute atomic E-state index is 13.6. The van der Waals surface area contributed by atoms with Crippen molar-refractivity contribution in [2.75, 3.05) is 18.8 Å². The highest BCUT2D eigenvalue weighted by Gasteiger charge is 2.68. The second-order valence-electron chi connectivity index (χ2n) is 15.5. The molecule has 0 aromatic rings. The number of carbonyl (C=O) groups is 2. The fourth-order valence-electron chi connectivity index (χ4n) is 8.94. The second-order valence-corrected chi connectivity index (χ2v) is 16.7. The van der Waals surface area contributed by atoms with Crippen LogP contribution in [0, 0.1) is 45.3 Å². The highest BCUT2D eigenvalue weighted by molar-refractivity contribution is 8.00. The van der Waals surface area contributed by atoms with Crippen LogP contribution in [0.3, 0.4) is 0 Å². The number of Topliss-reactive ketones (excluding diaryl/α,β-unsaturated/α-hetero) is 1. The topological polar surface area (TPSA) is 95.9 Å². The maximum atomic E-state index is 13.6. The van der Waals surface area contributed by atoms with Crippen LogP contribution in [-0.2, 0) is 14.3 Å². The van der Waals surface area contributed by atoms with Crippen LogP contribution in [0.25, 0.3) is 0 Å². The van der Waals surface area contributed by atoms with E-state index in [2.05, 4.69) is 53.4 Å². The Kier molecular flexibility index (Phi) is 9.33. The summed E-state index contributed by atoms with van der Waals surface area (Å²) < 4.78 is 6.38. The number of rotatable bonds is 8. The van der Waals surface area contributed by atoms with Crippen molar-refractivity contribution in [2.45, 2.75) is 117 Å². The minimum Gasteiger partial charge on any atom is -0.461 e. The van der Waals surface area contributed by atoms with Gasteiger partial charge >= 0.3 is 5.97 Å². The third kappa shape index (κ3) is 5.83. The molecule has 228 valence electrons. The molecule has 11 atom stereocenters. The van der Waals surface area contributed by atoms with Gasteiger partial charge in [0.25, 0.3) is 0 Å². The second kappa shape index (κ2) is 11.7. The van der Waals surface area contributed by atoms with Crippen molar-refractivity contribution in [2.24, 2.45) is 45.3 Å². The lowest BCUT2D eigenvalue weighted by atomic mass is 9.44. The Labute approximate surface area is 246 Å². The van der Waals surface area contributed by atoms with E-state index < -0.39 is 29.1 Å². The van der Waals surface area contributed by atoms with Gasteiger partial charge in [0.15, 0.2) is 0 Å². The molecule has 4 fully saturated rings. The van der Waals surface area contributed by atoms with Gasteiger partial charge in [-0.25, -0.2) is 0 Å². The quantitative estimate of drug-likeness (QED) is 0.263. The van der Waals surface area contributed by atoms with Gasteiger partial charge in [-0.3, -0.25) is 9.59 Å². The zero-order chi connectivity index (χ0) is 29.7. The van der Waals surface area contributed by atoms with E-state index in [9.17, 15) is 19.8 Å². The van der Waals surface area contributed by atoms with Crippen molar-refractivity contribution in [1.82, 2.24) is 5.32 Å². The summed E-state index contributed by atoms with van der Waals surface area (Å²) in [6, 6.07) is 0. The number of hydrogen-bond acceptors (Lipinski definition) is 7. The van der Waals surface area contributed by atoms with Crippen LogP contribution in [0.1, 0.15) is 93.4 Å². The minimum atomic E-state index is -0.663. The van der Waals surface area contributed by atoms with Crippen LogP contribution in [0.5, 0.6) is 0 Å². The zero-order valence-electron chi connectivity index (χ0n) is 26.0. The molecule has 40 heavy (non-hydrogen) atoms. The molecule has 2 bridgehead atoms. The van der Waals surface area contributed by atoms with Gasteiger partial charge in [-0.2, -0.15) is 0 Å². The Morgan fingerprint density at radius 1 is 1.20 bits per heavy atom. The summed E-state index contributed by atoms with van der Waals surface area (Å²) in [5.41, 5.74) is -1.18. The van der Waals surface area contributed by atoms with Crippen LogP contribution in [0.4, 0.5) is 0 Å². The van der Waals surface area contributed by atoms with Gasteiger partial charge in [0.2, 0.25) is 0 Å². The van der Waals surface area contributed by atoms with Crippen LogP contribution in [0.15, 0.2) is 12.7 Å². The van der Waals surface area contributed by atoms with Crippen molar-refractivity contribution < 1.29 is 24.5 Å². The third-order valence-electron chi connectivity index (χ3n) is 11.6. The molecule has 0 spiro atoms. The Morgan fingerprint density at radius 2 is 1.90 bits per heavy atom. The van der Waals surface area contributed by atoms with Gasteiger partial charge in [-0.1, -0.05) is 54.5 Å². The van der Waals surface area contributed by atoms with Gasteiger partial charge < -0.3 is 20.3 Å². The third-order valence-corrected chi connectivity index (χ3v) is 13.0. The van der Waals surface area contributed by atoms with Crippen molar-refractivity contribution in [3.63, 3.8) is 0 Å². The summed E-state index contributed by atoms with van der Waals surface area (Å²) in [6.45, 7) is 21.1. The molecule has 3 unspecified atom stereocenters. The zero-order valence-corrected chi connectivity index (χ0v) is 26.8. The van der Waals surface area contributed by atoms with Gasteiger partial charge in [0, 0.05) is 28.4 Å². The molecule has 0 amide bonds. The van der Waals surface area contributed by atoms with E-state index >= 15 is 0 Å². The Hall–Kier alpha value is -0.890. The average molecular weight is 578 g/mol. The molecule has 4 aliphatic rings. The first-order valence-electron chi connectivity index (χ1n) is 15.6. The Morgan fingerprint density at radius 3 is 2.55 bits per heavy atom. The molecule has 4 rings (SSSR count). The predicted octanol–water partition coefficient (Wildman–Crippen LogP) is 5.40. The first kappa shape index (κ1) is 32.0. The molecule has 4 saturated carbocycles. The van der Waals surface area contributed by atoms with E-state index in [0.717, 1.165) is 45.2 Å². The number of nitrogens with one attached hydrogen (secondary N) is 1. The number of hydrogen-bond donors (Lipinski definition) is 3. The first-order valence-corrected chi connectivity index (χ1v) is 16.7. The Bertz CT molecular complexity index is 965. The monoisotopic (exact) mass is 577 g/mol. The predicted molar refractivity (Wildman–Crippen MR) is 162 cm³/mol. The molecule has 0 saturated heterocycles. The largest absolute Gasteiger partial charge is 0.461 e. The fraction of sp³-hybridized carbons (Fsp3) is 0.879. The van der Waals surface area contributed by atoms with Crippen LogP contribution < -0.4 is 5.32 Å². The van der Waals surface area contributed by atoms with Crippen molar-refractivity contribution in [1.29, 1.82) is 0 Å². The number of ketones is 1. The van der Waals surface area contributed by atoms with E-state index in [1.807, 2.05) is 13.0 Å². The van der Waals surface area contributed by atoms with E-state index in [1.165, 1.54) is 11.8 Å². The molecule has 0 radical (unpaired) electrons. The van der Waals surface area contributed by atoms with Crippen molar-refractivity contribution in [3.8, 4) is 0 Å². The molecule has 0 aromatic carbocycles. The molecule has 4 aliphatic carbocycles. The van der Waals surface area contributed by atoms with E-state index in [4.69, 9.17) is 4.74 Å². The summed E-state index contributed by atoms with van der Waals surface area (Å²) in [5.74, 6) is 0.515. The number of aliphatic hydroxyl groups excluding tert-OH is 2. The number of carbonyl (C=O) groups excluding carboxylic acids is 2. The van der Waals surface area contributed by atoms with Gasteiger partial charge in [0.05, 0.1) is 18.0 Å². The molecule has 0 aromatic heterocycles. The summed E-state index contributed by atoms with van der Waals surface area (Å²) in [7, 11) is 0. The molecule has 0 heterocycles. The number of ether oxygens (including phenoxy) is 1.